The molecule has 2 amide bonds. The van der Waals surface area contributed by atoms with E-state index < -0.39 is 17.4 Å². The summed E-state index contributed by atoms with van der Waals surface area (Å²) in [6.45, 7) is 3.83. The smallest absolute Gasteiger partial charge is 0.268 e. The molecule has 3 N–H and O–H groups in total. The molecule has 0 bridgehead atoms. The van der Waals surface area contributed by atoms with Crippen LogP contribution in [0.4, 0.5) is 5.69 Å². The molecule has 0 aromatic heterocycles. The molecule has 0 spiro atoms. The zero-order valence-corrected chi connectivity index (χ0v) is 17.8. The first kappa shape index (κ1) is 21.6. The van der Waals surface area contributed by atoms with Crippen molar-refractivity contribution in [1.29, 1.82) is 0 Å². The number of primary amides is 1. The van der Waals surface area contributed by atoms with Crippen molar-refractivity contribution >= 4 is 40.7 Å². The van der Waals surface area contributed by atoms with Crippen LogP contribution in [0.5, 0.6) is 0 Å². The van der Waals surface area contributed by atoms with Gasteiger partial charge in [0.15, 0.2) is 5.60 Å². The number of nitrogens with zero attached hydrogens (tertiary/aromatic N) is 2. The molecule has 154 valence electrons. The molecule has 3 rings (SSSR count). The van der Waals surface area contributed by atoms with Crippen LogP contribution in [0.1, 0.15) is 34.8 Å². The zero-order valence-electron chi connectivity index (χ0n) is 16.3. The van der Waals surface area contributed by atoms with E-state index in [0.717, 1.165) is 13.0 Å². The number of fused-ring (bicyclic) bond motifs is 1. The number of rotatable bonds is 7. The van der Waals surface area contributed by atoms with Crippen LogP contribution < -0.4 is 10.6 Å². The predicted molar refractivity (Wildman–Crippen MR) is 115 cm³/mol. The van der Waals surface area contributed by atoms with Crippen molar-refractivity contribution in [2.75, 3.05) is 31.6 Å². The molecule has 0 aliphatic carbocycles. The average molecular weight is 436 g/mol. The van der Waals surface area contributed by atoms with Gasteiger partial charge in [0.25, 0.3) is 5.91 Å². The first-order chi connectivity index (χ1) is 13.7. The second-order valence-electron chi connectivity index (χ2n) is 7.17. The van der Waals surface area contributed by atoms with Crippen LogP contribution in [0.25, 0.3) is 0 Å². The van der Waals surface area contributed by atoms with E-state index in [1.54, 1.807) is 24.3 Å². The van der Waals surface area contributed by atoms with Crippen molar-refractivity contribution in [3.8, 4) is 0 Å². The van der Waals surface area contributed by atoms with Crippen molar-refractivity contribution in [2.45, 2.75) is 18.9 Å². The highest BCUT2D eigenvalue weighted by Gasteiger charge is 2.53. The monoisotopic (exact) mass is 435 g/mol. The highest BCUT2D eigenvalue weighted by atomic mass is 35.5. The first-order valence-electron chi connectivity index (χ1n) is 9.33. The predicted octanol–water partition coefficient (Wildman–Crippen LogP) is 3.02. The van der Waals surface area contributed by atoms with Gasteiger partial charge in [0.1, 0.15) is 0 Å². The Bertz CT molecular complexity index is 966. The molecule has 1 atom stereocenters. The van der Waals surface area contributed by atoms with Crippen LogP contribution >= 0.6 is 23.2 Å². The third-order valence-corrected chi connectivity index (χ3v) is 5.76. The van der Waals surface area contributed by atoms with Crippen molar-refractivity contribution < 1.29 is 14.7 Å². The Kier molecular flexibility index (Phi) is 6.19. The second kappa shape index (κ2) is 8.32. The fraction of sp³-hybridized carbons (Fsp3) is 0.333. The van der Waals surface area contributed by atoms with Crippen LogP contribution in [-0.2, 0) is 10.4 Å². The molecule has 1 aliphatic rings. The summed E-state index contributed by atoms with van der Waals surface area (Å²) in [5.74, 6) is -1.23. The number of benzene rings is 2. The zero-order chi connectivity index (χ0) is 21.3. The summed E-state index contributed by atoms with van der Waals surface area (Å²) in [6, 6.07) is 9.46. The van der Waals surface area contributed by atoms with E-state index in [1.165, 1.54) is 17.0 Å². The lowest BCUT2D eigenvalue weighted by molar-refractivity contribution is -0.132. The fourth-order valence-electron chi connectivity index (χ4n) is 3.71. The Morgan fingerprint density at radius 2 is 1.90 bits per heavy atom. The van der Waals surface area contributed by atoms with Crippen molar-refractivity contribution in [2.24, 2.45) is 5.73 Å². The maximum Gasteiger partial charge on any atom is 0.268 e. The molecule has 1 aliphatic heterocycles. The minimum atomic E-state index is -2.05. The molecule has 29 heavy (non-hydrogen) atoms. The Morgan fingerprint density at radius 3 is 2.52 bits per heavy atom. The van der Waals surface area contributed by atoms with Gasteiger partial charge in [-0.25, -0.2) is 0 Å². The van der Waals surface area contributed by atoms with Crippen LogP contribution in [0.3, 0.4) is 0 Å². The average Bonchev–Trinajstić information content (AvgIpc) is 2.89. The second-order valence-corrected chi connectivity index (χ2v) is 7.98. The summed E-state index contributed by atoms with van der Waals surface area (Å²) in [4.78, 5) is 28.7. The largest absolute Gasteiger partial charge is 0.372 e. The molecule has 1 unspecified atom stereocenters. The topological polar surface area (TPSA) is 86.9 Å². The SMILES string of the molecule is CCCN(C)CCN1C(=O)C(O)(c2ccccc2Cl)c2c(Cl)cc(C(N)=O)cc21. The molecule has 0 saturated heterocycles. The van der Waals surface area contributed by atoms with Crippen LogP contribution in [0.2, 0.25) is 10.0 Å². The highest BCUT2D eigenvalue weighted by molar-refractivity contribution is 6.35. The number of likely N-dealkylation sites (N-methyl/N-ethyl adjacent to an activating group) is 1. The lowest BCUT2D eigenvalue weighted by Gasteiger charge is -2.26. The molecule has 6 nitrogen and oxygen atoms in total. The third kappa shape index (κ3) is 3.73. The van der Waals surface area contributed by atoms with E-state index in [1.807, 2.05) is 7.05 Å². The first-order valence-corrected chi connectivity index (χ1v) is 10.1. The molecule has 0 saturated carbocycles. The number of anilines is 1. The summed E-state index contributed by atoms with van der Waals surface area (Å²) >= 11 is 12.8. The normalized spacial score (nSPS) is 18.4. The minimum Gasteiger partial charge on any atom is -0.372 e. The molecule has 1 heterocycles. The fourth-order valence-corrected chi connectivity index (χ4v) is 4.33. The van der Waals surface area contributed by atoms with Gasteiger partial charge >= 0.3 is 0 Å². The molecule has 0 radical (unpaired) electrons. The quantitative estimate of drug-likeness (QED) is 0.699. The maximum atomic E-state index is 13.5. The number of aliphatic hydroxyl groups is 1. The van der Waals surface area contributed by atoms with Crippen LogP contribution in [-0.4, -0.2) is 48.5 Å². The van der Waals surface area contributed by atoms with Gasteiger partial charge in [-0.1, -0.05) is 48.3 Å². The third-order valence-electron chi connectivity index (χ3n) is 5.14. The lowest BCUT2D eigenvalue weighted by atomic mass is 9.87. The van der Waals surface area contributed by atoms with Gasteiger partial charge in [0, 0.05) is 34.8 Å². The Hall–Kier alpha value is -2.12. The van der Waals surface area contributed by atoms with Crippen LogP contribution in [0.15, 0.2) is 36.4 Å². The number of carbonyl (C=O) groups excluding carboxylic acids is 2. The van der Waals surface area contributed by atoms with Crippen LogP contribution in [0, 0.1) is 0 Å². The minimum absolute atomic E-state index is 0.0801. The summed E-state index contributed by atoms with van der Waals surface area (Å²) in [7, 11) is 1.96. The number of nitrogens with two attached hydrogens (primary N) is 1. The van der Waals surface area contributed by atoms with E-state index in [9.17, 15) is 14.7 Å². The number of carbonyl (C=O) groups is 2. The lowest BCUT2D eigenvalue weighted by Crippen LogP contribution is -2.44. The van der Waals surface area contributed by atoms with Gasteiger partial charge in [-0.05, 0) is 38.2 Å². The van der Waals surface area contributed by atoms with Crippen molar-refractivity contribution in [3.63, 3.8) is 0 Å². The van der Waals surface area contributed by atoms with Gasteiger partial charge in [0.05, 0.1) is 10.7 Å². The van der Waals surface area contributed by atoms with E-state index in [4.69, 9.17) is 28.9 Å². The molecular weight excluding hydrogens is 413 g/mol. The summed E-state index contributed by atoms with van der Waals surface area (Å²) in [5.41, 5.74) is 4.36. The van der Waals surface area contributed by atoms with E-state index in [0.29, 0.717) is 18.8 Å². The van der Waals surface area contributed by atoms with E-state index in [-0.39, 0.29) is 26.7 Å². The number of hydrogen-bond donors (Lipinski definition) is 2. The van der Waals surface area contributed by atoms with E-state index >= 15 is 0 Å². The standard InChI is InChI=1S/C21H23Cl2N3O3/c1-3-8-25(2)9-10-26-17-12-13(19(24)27)11-16(23)18(17)21(29,20(26)28)14-6-4-5-7-15(14)22/h4-7,11-12,29H,3,8-10H2,1-2H3,(H2,24,27). The van der Waals surface area contributed by atoms with Gasteiger partial charge < -0.3 is 20.6 Å². The molecule has 8 heteroatoms. The summed E-state index contributed by atoms with van der Waals surface area (Å²) in [6.07, 6.45) is 0.974. The van der Waals surface area contributed by atoms with Gasteiger partial charge in [-0.15, -0.1) is 0 Å². The molecular formula is C21H23Cl2N3O3. The summed E-state index contributed by atoms with van der Waals surface area (Å²) in [5, 5.41) is 11.9. The summed E-state index contributed by atoms with van der Waals surface area (Å²) < 4.78 is 0. The number of amides is 2. The Morgan fingerprint density at radius 1 is 1.21 bits per heavy atom. The number of halogens is 2. The molecule has 2 aromatic rings. The van der Waals surface area contributed by atoms with Gasteiger partial charge in [-0.2, -0.15) is 0 Å². The van der Waals surface area contributed by atoms with E-state index in [2.05, 4.69) is 11.8 Å². The highest BCUT2D eigenvalue weighted by Crippen LogP contribution is 2.49. The Labute approximate surface area is 179 Å². The van der Waals surface area contributed by atoms with Crippen molar-refractivity contribution in [1.82, 2.24) is 4.90 Å². The molecule has 2 aromatic carbocycles. The maximum absolute atomic E-state index is 13.5. The van der Waals surface area contributed by atoms with Gasteiger partial charge in [0.2, 0.25) is 5.91 Å². The number of hydrogen-bond acceptors (Lipinski definition) is 4. The molecule has 0 fully saturated rings. The Balaban J connectivity index is 2.16. The van der Waals surface area contributed by atoms with Gasteiger partial charge in [-0.3, -0.25) is 9.59 Å². The van der Waals surface area contributed by atoms with Crippen molar-refractivity contribution in [3.05, 3.63) is 63.1 Å².